The van der Waals surface area contributed by atoms with Crippen molar-refractivity contribution in [2.24, 2.45) is 10.9 Å². The predicted molar refractivity (Wildman–Crippen MR) is 132 cm³/mol. The number of nitrogens with zero attached hydrogens (tertiary/aromatic N) is 2. The Morgan fingerprint density at radius 3 is 2.53 bits per heavy atom. The minimum Gasteiger partial charge on any atom is -0.497 e. The number of amides is 1. The average molecular weight is 532 g/mol. The molecule has 0 spiro atoms. The Morgan fingerprint density at radius 1 is 1.23 bits per heavy atom. The molecular weight excluding hydrogens is 495 g/mol. The molecule has 1 aliphatic heterocycles. The molecule has 7 nitrogen and oxygen atoms in total. The zero-order chi connectivity index (χ0) is 21.3. The highest BCUT2D eigenvalue weighted by Gasteiger charge is 2.27. The van der Waals surface area contributed by atoms with Crippen LogP contribution >= 0.6 is 24.0 Å². The monoisotopic (exact) mass is 532 g/mol. The minimum absolute atomic E-state index is 0. The third-order valence-corrected chi connectivity index (χ3v) is 4.82. The molecule has 1 aromatic rings. The van der Waals surface area contributed by atoms with Gasteiger partial charge in [-0.2, -0.15) is 0 Å². The van der Waals surface area contributed by atoms with Crippen molar-refractivity contribution in [3.8, 4) is 5.75 Å². The van der Waals surface area contributed by atoms with Gasteiger partial charge in [0.15, 0.2) is 5.96 Å². The van der Waals surface area contributed by atoms with E-state index in [4.69, 9.17) is 9.47 Å². The molecule has 1 heterocycles. The number of piperidine rings is 1. The van der Waals surface area contributed by atoms with E-state index in [1.165, 1.54) is 5.56 Å². The van der Waals surface area contributed by atoms with Gasteiger partial charge in [0, 0.05) is 33.2 Å². The number of guanidine groups is 1. The number of nitrogens with one attached hydrogen (secondary N) is 2. The fraction of sp³-hybridized carbons (Fsp3) is 0.636. The van der Waals surface area contributed by atoms with Crippen LogP contribution < -0.4 is 15.4 Å². The molecule has 1 amide bonds. The van der Waals surface area contributed by atoms with Crippen LogP contribution in [0.15, 0.2) is 29.3 Å². The Balaban J connectivity index is 0.00000450. The molecule has 1 aliphatic rings. The SMILES string of the molecule is CN=C(NCCc1ccc(OC)cc1)NCC1CCCN(C(=O)OC(C)(C)C)C1.I. The number of benzene rings is 1. The maximum absolute atomic E-state index is 12.3. The first-order valence-electron chi connectivity index (χ1n) is 10.4. The van der Waals surface area contributed by atoms with Crippen LogP contribution in [0.2, 0.25) is 0 Å². The first-order chi connectivity index (χ1) is 13.8. The van der Waals surface area contributed by atoms with Gasteiger partial charge in [-0.3, -0.25) is 4.99 Å². The third kappa shape index (κ3) is 9.40. The summed E-state index contributed by atoms with van der Waals surface area (Å²) in [5.74, 6) is 2.04. The molecule has 30 heavy (non-hydrogen) atoms. The predicted octanol–water partition coefficient (Wildman–Crippen LogP) is 3.67. The number of rotatable bonds is 6. The second-order valence-electron chi connectivity index (χ2n) is 8.41. The number of hydrogen-bond donors (Lipinski definition) is 2. The number of carbonyl (C=O) groups is 1. The maximum atomic E-state index is 12.3. The van der Waals surface area contributed by atoms with Crippen molar-refractivity contribution < 1.29 is 14.3 Å². The van der Waals surface area contributed by atoms with E-state index < -0.39 is 5.60 Å². The quantitative estimate of drug-likeness (QED) is 0.332. The van der Waals surface area contributed by atoms with E-state index >= 15 is 0 Å². The van der Waals surface area contributed by atoms with E-state index in [1.807, 2.05) is 37.8 Å². The van der Waals surface area contributed by atoms with E-state index in [0.29, 0.717) is 12.5 Å². The van der Waals surface area contributed by atoms with Gasteiger partial charge in [-0.1, -0.05) is 12.1 Å². The third-order valence-electron chi connectivity index (χ3n) is 4.82. The Hall–Kier alpha value is -1.71. The zero-order valence-corrected chi connectivity index (χ0v) is 21.2. The van der Waals surface area contributed by atoms with Crippen LogP contribution in [0.1, 0.15) is 39.2 Å². The van der Waals surface area contributed by atoms with Crippen LogP contribution in [-0.4, -0.2) is 62.9 Å². The summed E-state index contributed by atoms with van der Waals surface area (Å²) in [6, 6.07) is 8.10. The zero-order valence-electron chi connectivity index (χ0n) is 18.9. The largest absolute Gasteiger partial charge is 0.497 e. The molecule has 0 aromatic heterocycles. The molecule has 1 unspecified atom stereocenters. The van der Waals surface area contributed by atoms with Gasteiger partial charge in [0.05, 0.1) is 7.11 Å². The van der Waals surface area contributed by atoms with Crippen LogP contribution in [0.4, 0.5) is 4.79 Å². The van der Waals surface area contributed by atoms with Gasteiger partial charge < -0.3 is 25.0 Å². The lowest BCUT2D eigenvalue weighted by molar-refractivity contribution is 0.0168. The van der Waals surface area contributed by atoms with Gasteiger partial charge in [-0.15, -0.1) is 24.0 Å². The molecule has 0 saturated carbocycles. The Bertz CT molecular complexity index is 674. The first-order valence-corrected chi connectivity index (χ1v) is 10.4. The average Bonchev–Trinajstić information content (AvgIpc) is 2.70. The second-order valence-corrected chi connectivity index (χ2v) is 8.41. The van der Waals surface area contributed by atoms with Crippen LogP contribution in [0, 0.1) is 5.92 Å². The topological polar surface area (TPSA) is 75.2 Å². The summed E-state index contributed by atoms with van der Waals surface area (Å²) < 4.78 is 10.7. The van der Waals surface area contributed by atoms with Gasteiger partial charge >= 0.3 is 6.09 Å². The molecule has 0 radical (unpaired) electrons. The van der Waals surface area contributed by atoms with Crippen molar-refractivity contribution in [1.29, 1.82) is 0 Å². The second kappa shape index (κ2) is 12.9. The van der Waals surface area contributed by atoms with Crippen LogP contribution in [-0.2, 0) is 11.2 Å². The number of aliphatic imine (C=N–C) groups is 1. The van der Waals surface area contributed by atoms with Gasteiger partial charge in [0.2, 0.25) is 0 Å². The fourth-order valence-corrected chi connectivity index (χ4v) is 3.30. The van der Waals surface area contributed by atoms with Crippen molar-refractivity contribution in [2.75, 3.05) is 40.3 Å². The first kappa shape index (κ1) is 26.3. The lowest BCUT2D eigenvalue weighted by Gasteiger charge is -2.34. The van der Waals surface area contributed by atoms with E-state index in [2.05, 4.69) is 27.8 Å². The summed E-state index contributed by atoms with van der Waals surface area (Å²) in [4.78, 5) is 18.4. The van der Waals surface area contributed by atoms with Crippen molar-refractivity contribution in [3.05, 3.63) is 29.8 Å². The molecule has 170 valence electrons. The molecule has 2 N–H and O–H groups in total. The standard InChI is InChI=1S/C22H36N4O3.HI/c1-22(2,3)29-21(27)26-14-6-7-18(16-26)15-25-20(23-4)24-13-12-17-8-10-19(28-5)11-9-17;/h8-11,18H,6-7,12-16H2,1-5H3,(H2,23,24,25);1H. The van der Waals surface area contributed by atoms with Crippen LogP contribution in [0.25, 0.3) is 0 Å². The van der Waals surface area contributed by atoms with Crippen molar-refractivity contribution >= 4 is 36.0 Å². The molecule has 0 bridgehead atoms. The van der Waals surface area contributed by atoms with Crippen molar-refractivity contribution in [2.45, 2.75) is 45.6 Å². The summed E-state index contributed by atoms with van der Waals surface area (Å²) in [6.45, 7) is 8.74. The van der Waals surface area contributed by atoms with Gasteiger partial charge in [-0.05, 0) is 63.6 Å². The summed E-state index contributed by atoms with van der Waals surface area (Å²) in [5, 5.41) is 6.75. The van der Waals surface area contributed by atoms with Gasteiger partial charge in [-0.25, -0.2) is 4.79 Å². The lowest BCUT2D eigenvalue weighted by atomic mass is 9.98. The van der Waals surface area contributed by atoms with E-state index in [9.17, 15) is 4.79 Å². The Morgan fingerprint density at radius 2 is 1.93 bits per heavy atom. The van der Waals surface area contributed by atoms with E-state index in [1.54, 1.807) is 14.2 Å². The normalized spacial score (nSPS) is 17.0. The highest BCUT2D eigenvalue weighted by Crippen LogP contribution is 2.19. The number of carbonyl (C=O) groups excluding carboxylic acids is 1. The van der Waals surface area contributed by atoms with Crippen LogP contribution in [0.3, 0.4) is 0 Å². The van der Waals surface area contributed by atoms with Crippen molar-refractivity contribution in [1.82, 2.24) is 15.5 Å². The molecule has 1 atom stereocenters. The van der Waals surface area contributed by atoms with Crippen molar-refractivity contribution in [3.63, 3.8) is 0 Å². The Kier molecular flexibility index (Phi) is 11.3. The molecule has 1 aromatic carbocycles. The lowest BCUT2D eigenvalue weighted by Crippen LogP contribution is -2.47. The molecule has 2 rings (SSSR count). The number of hydrogen-bond acceptors (Lipinski definition) is 4. The Labute approximate surface area is 198 Å². The molecular formula is C22H37IN4O3. The molecule has 8 heteroatoms. The van der Waals surface area contributed by atoms with Gasteiger partial charge in [0.1, 0.15) is 11.4 Å². The highest BCUT2D eigenvalue weighted by molar-refractivity contribution is 14.0. The summed E-state index contributed by atoms with van der Waals surface area (Å²) in [7, 11) is 3.45. The number of halogens is 1. The number of methoxy groups -OCH3 is 1. The molecule has 0 aliphatic carbocycles. The van der Waals surface area contributed by atoms with Crippen LogP contribution in [0.5, 0.6) is 5.75 Å². The summed E-state index contributed by atoms with van der Waals surface area (Å²) in [6.07, 6.45) is 2.77. The number of likely N-dealkylation sites (tertiary alicyclic amines) is 1. The summed E-state index contributed by atoms with van der Waals surface area (Å²) >= 11 is 0. The molecule has 1 saturated heterocycles. The maximum Gasteiger partial charge on any atom is 0.410 e. The van der Waals surface area contributed by atoms with Gasteiger partial charge in [0.25, 0.3) is 0 Å². The minimum atomic E-state index is -0.460. The summed E-state index contributed by atoms with van der Waals surface area (Å²) in [5.41, 5.74) is 0.784. The smallest absolute Gasteiger partial charge is 0.410 e. The van der Waals surface area contributed by atoms with E-state index in [0.717, 1.165) is 50.6 Å². The molecule has 1 fully saturated rings. The fourth-order valence-electron chi connectivity index (χ4n) is 3.30. The number of ether oxygens (including phenoxy) is 2. The highest BCUT2D eigenvalue weighted by atomic mass is 127. The van der Waals surface area contributed by atoms with E-state index in [-0.39, 0.29) is 30.1 Å².